The summed E-state index contributed by atoms with van der Waals surface area (Å²) in [5, 5.41) is 2.68. The van der Waals surface area contributed by atoms with Gasteiger partial charge in [-0.2, -0.15) is 0 Å². The van der Waals surface area contributed by atoms with Crippen LogP contribution in [0, 0.1) is 6.92 Å². The number of hydrogen-bond acceptors (Lipinski definition) is 1. The van der Waals surface area contributed by atoms with Crippen molar-refractivity contribution < 1.29 is 4.74 Å². The molecular formula is C17H26O. The van der Waals surface area contributed by atoms with Gasteiger partial charge in [-0.15, -0.1) is 0 Å². The van der Waals surface area contributed by atoms with Crippen LogP contribution in [0.15, 0.2) is 42.5 Å². The zero-order valence-electron chi connectivity index (χ0n) is 12.4. The maximum atomic E-state index is 4.25. The van der Waals surface area contributed by atoms with Gasteiger partial charge in [0.25, 0.3) is 0 Å². The van der Waals surface area contributed by atoms with E-state index >= 15 is 0 Å². The van der Waals surface area contributed by atoms with E-state index < -0.39 is 0 Å². The molecule has 0 fully saturated rings. The summed E-state index contributed by atoms with van der Waals surface area (Å²) in [5.41, 5.74) is 1.35. The van der Waals surface area contributed by atoms with Gasteiger partial charge in [0, 0.05) is 14.2 Å². The molecule has 0 radical (unpaired) electrons. The van der Waals surface area contributed by atoms with E-state index in [1.165, 1.54) is 29.2 Å². The van der Waals surface area contributed by atoms with E-state index in [-0.39, 0.29) is 0 Å². The molecule has 2 rings (SSSR count). The van der Waals surface area contributed by atoms with E-state index in [1.54, 1.807) is 14.2 Å². The summed E-state index contributed by atoms with van der Waals surface area (Å²) in [7, 11) is 3.25. The van der Waals surface area contributed by atoms with Crippen LogP contribution in [0.5, 0.6) is 0 Å². The smallest absolute Gasteiger partial charge is 0.0351 e. The third-order valence-electron chi connectivity index (χ3n) is 2.51. The second-order valence-electron chi connectivity index (χ2n) is 4.20. The minimum atomic E-state index is 1.32. The summed E-state index contributed by atoms with van der Waals surface area (Å²) < 4.78 is 4.25. The van der Waals surface area contributed by atoms with Crippen LogP contribution < -0.4 is 0 Å². The third-order valence-corrected chi connectivity index (χ3v) is 2.51. The van der Waals surface area contributed by atoms with Crippen LogP contribution in [0.4, 0.5) is 0 Å². The molecule has 2 aromatic carbocycles. The number of hydrogen-bond donors (Lipinski definition) is 0. The van der Waals surface area contributed by atoms with Gasteiger partial charge in [-0.3, -0.25) is 0 Å². The number of unbranched alkanes of at least 4 members (excludes halogenated alkanes) is 1. The van der Waals surface area contributed by atoms with Crippen molar-refractivity contribution in [1.29, 1.82) is 0 Å². The number of fused-ring (bicyclic) bond motifs is 1. The summed E-state index contributed by atoms with van der Waals surface area (Å²) in [6, 6.07) is 14.8. The molecule has 2 aromatic rings. The lowest BCUT2D eigenvalue weighted by molar-refractivity contribution is 0.277. The molecule has 0 amide bonds. The molecule has 0 spiro atoms. The Morgan fingerprint density at radius 1 is 0.833 bits per heavy atom. The van der Waals surface area contributed by atoms with E-state index in [0.717, 1.165) is 0 Å². The molecule has 1 nitrogen and oxygen atoms in total. The Hall–Kier alpha value is -1.34. The van der Waals surface area contributed by atoms with Crippen LogP contribution in [0.25, 0.3) is 10.8 Å². The van der Waals surface area contributed by atoms with Crippen molar-refractivity contribution in [3.63, 3.8) is 0 Å². The van der Waals surface area contributed by atoms with Crippen molar-refractivity contribution in [2.45, 2.75) is 33.6 Å². The Kier molecular flexibility index (Phi) is 9.99. The summed E-state index contributed by atoms with van der Waals surface area (Å²) in [4.78, 5) is 0. The van der Waals surface area contributed by atoms with Gasteiger partial charge in [0.15, 0.2) is 0 Å². The van der Waals surface area contributed by atoms with Crippen molar-refractivity contribution >= 4 is 10.8 Å². The summed E-state index contributed by atoms with van der Waals surface area (Å²) >= 11 is 0. The molecule has 1 heteroatoms. The number of aryl methyl sites for hydroxylation is 1. The molecule has 0 aliphatic carbocycles. The monoisotopic (exact) mass is 246 g/mol. The van der Waals surface area contributed by atoms with Crippen LogP contribution in [0.1, 0.15) is 32.3 Å². The predicted molar refractivity (Wildman–Crippen MR) is 82.2 cm³/mol. The SMILES string of the molecule is CCCC.COC.Cc1cccc2ccccc12. The highest BCUT2D eigenvalue weighted by atomic mass is 16.4. The van der Waals surface area contributed by atoms with Gasteiger partial charge in [-0.25, -0.2) is 0 Å². The zero-order valence-corrected chi connectivity index (χ0v) is 12.4. The van der Waals surface area contributed by atoms with Crippen molar-refractivity contribution in [1.82, 2.24) is 0 Å². The standard InChI is InChI=1S/C11H10.C4H10.C2H6O/c1-9-5-4-7-10-6-2-3-8-11(9)10;1-3-4-2;1-3-2/h2-8H,1H3;3-4H2,1-2H3;1-2H3. The molecule has 0 saturated carbocycles. The van der Waals surface area contributed by atoms with Crippen LogP contribution in [0.3, 0.4) is 0 Å². The van der Waals surface area contributed by atoms with Gasteiger partial charge in [0.2, 0.25) is 0 Å². The highest BCUT2D eigenvalue weighted by Crippen LogP contribution is 2.16. The second kappa shape index (κ2) is 10.8. The highest BCUT2D eigenvalue weighted by Gasteiger charge is 1.92. The molecule has 0 bridgehead atoms. The number of benzene rings is 2. The van der Waals surface area contributed by atoms with Crippen molar-refractivity contribution in [2.75, 3.05) is 14.2 Å². The Morgan fingerprint density at radius 3 is 1.83 bits per heavy atom. The van der Waals surface area contributed by atoms with Crippen LogP contribution >= 0.6 is 0 Å². The first-order chi connectivity index (χ1) is 8.71. The lowest BCUT2D eigenvalue weighted by Gasteiger charge is -1.98. The van der Waals surface area contributed by atoms with Crippen molar-refractivity contribution in [2.24, 2.45) is 0 Å². The molecule has 100 valence electrons. The number of rotatable bonds is 1. The van der Waals surface area contributed by atoms with E-state index in [0.29, 0.717) is 0 Å². The Labute approximate surface area is 112 Å². The molecule has 18 heavy (non-hydrogen) atoms. The predicted octanol–water partition coefficient (Wildman–Crippen LogP) is 5.22. The largest absolute Gasteiger partial charge is 0.388 e. The zero-order chi connectivity index (χ0) is 13.8. The first kappa shape index (κ1) is 16.7. The van der Waals surface area contributed by atoms with E-state index in [9.17, 15) is 0 Å². The first-order valence-electron chi connectivity index (χ1n) is 6.55. The molecule has 0 N–H and O–H groups in total. The third kappa shape index (κ3) is 6.41. The Bertz CT molecular complexity index is 413. The van der Waals surface area contributed by atoms with Gasteiger partial charge in [-0.1, -0.05) is 69.2 Å². The lowest BCUT2D eigenvalue weighted by Crippen LogP contribution is -1.75. The van der Waals surface area contributed by atoms with Gasteiger partial charge in [0.05, 0.1) is 0 Å². The average Bonchev–Trinajstić information content (AvgIpc) is 2.41. The summed E-state index contributed by atoms with van der Waals surface area (Å²) in [6.45, 7) is 6.50. The van der Waals surface area contributed by atoms with Crippen LogP contribution in [0.2, 0.25) is 0 Å². The summed E-state index contributed by atoms with van der Waals surface area (Å²) in [5.74, 6) is 0. The highest BCUT2D eigenvalue weighted by molar-refractivity contribution is 5.85. The molecular weight excluding hydrogens is 220 g/mol. The van der Waals surface area contributed by atoms with E-state index in [2.05, 4.69) is 68.0 Å². The molecule has 0 unspecified atom stereocenters. The lowest BCUT2D eigenvalue weighted by atomic mass is 10.1. The number of methoxy groups -OCH3 is 1. The Balaban J connectivity index is 0.000000351. The fourth-order valence-corrected chi connectivity index (χ4v) is 1.39. The normalized spacial score (nSPS) is 8.94. The Morgan fingerprint density at radius 2 is 1.33 bits per heavy atom. The maximum absolute atomic E-state index is 4.25. The number of ether oxygens (including phenoxy) is 1. The van der Waals surface area contributed by atoms with Gasteiger partial charge in [0.1, 0.15) is 0 Å². The van der Waals surface area contributed by atoms with Gasteiger partial charge < -0.3 is 4.74 Å². The fraction of sp³-hybridized carbons (Fsp3) is 0.412. The quantitative estimate of drug-likeness (QED) is 0.670. The molecule has 0 aliphatic rings. The minimum absolute atomic E-state index is 1.32. The van der Waals surface area contributed by atoms with Crippen LogP contribution in [-0.4, -0.2) is 14.2 Å². The summed E-state index contributed by atoms with van der Waals surface area (Å²) in [6.07, 6.45) is 2.64. The molecule has 0 saturated heterocycles. The molecule has 0 aromatic heterocycles. The average molecular weight is 246 g/mol. The minimum Gasteiger partial charge on any atom is -0.388 e. The van der Waals surface area contributed by atoms with E-state index in [1.807, 2.05) is 0 Å². The topological polar surface area (TPSA) is 9.23 Å². The molecule has 0 heterocycles. The maximum Gasteiger partial charge on any atom is 0.0351 e. The van der Waals surface area contributed by atoms with Crippen molar-refractivity contribution in [3.8, 4) is 0 Å². The van der Waals surface area contributed by atoms with Crippen molar-refractivity contribution in [3.05, 3.63) is 48.0 Å². The second-order valence-corrected chi connectivity index (χ2v) is 4.20. The van der Waals surface area contributed by atoms with Gasteiger partial charge >= 0.3 is 0 Å². The van der Waals surface area contributed by atoms with E-state index in [4.69, 9.17) is 0 Å². The fourth-order valence-electron chi connectivity index (χ4n) is 1.39. The first-order valence-corrected chi connectivity index (χ1v) is 6.55. The molecule has 0 aliphatic heterocycles. The van der Waals surface area contributed by atoms with Crippen LogP contribution in [-0.2, 0) is 4.74 Å². The molecule has 0 atom stereocenters. The van der Waals surface area contributed by atoms with Gasteiger partial charge in [-0.05, 0) is 23.3 Å².